The molecule has 0 amide bonds. The summed E-state index contributed by atoms with van der Waals surface area (Å²) in [7, 11) is 0. The van der Waals surface area contributed by atoms with Crippen LogP contribution in [0.15, 0.2) is 54.6 Å². The molecule has 0 bridgehead atoms. The van der Waals surface area contributed by atoms with Gasteiger partial charge in [-0.2, -0.15) is 0 Å². The van der Waals surface area contributed by atoms with E-state index in [2.05, 4.69) is 46.2 Å². The van der Waals surface area contributed by atoms with E-state index in [1.54, 1.807) is 0 Å². The van der Waals surface area contributed by atoms with Crippen molar-refractivity contribution in [1.29, 1.82) is 5.41 Å². The predicted molar refractivity (Wildman–Crippen MR) is 145 cm³/mol. The Morgan fingerprint density at radius 3 is 2.17 bits per heavy atom. The molecular weight excluding hydrogens is 450 g/mol. The number of carbonyl (C=O) groups excluding carboxylic acids is 1. The number of amidine groups is 1. The number of hydrogen-bond donors (Lipinski definition) is 2. The lowest BCUT2D eigenvalue weighted by molar-refractivity contribution is -0.939. The van der Waals surface area contributed by atoms with Gasteiger partial charge in [-0.05, 0) is 45.0 Å². The average molecular weight is 493 g/mol. The lowest BCUT2D eigenvalue weighted by Gasteiger charge is -2.47. The highest BCUT2D eigenvalue weighted by Crippen LogP contribution is 2.28. The first-order chi connectivity index (χ1) is 17.1. The summed E-state index contributed by atoms with van der Waals surface area (Å²) in [6.07, 6.45) is 2.20. The van der Waals surface area contributed by atoms with Crippen molar-refractivity contribution in [2.75, 3.05) is 50.7 Å². The number of likely N-dealkylation sites (tertiary alicyclic amines) is 1. The van der Waals surface area contributed by atoms with Crippen LogP contribution in [-0.2, 0) is 16.1 Å². The molecule has 2 heterocycles. The topological polar surface area (TPSA) is 82.7 Å². The summed E-state index contributed by atoms with van der Waals surface area (Å²) in [6.45, 7) is 13.2. The maximum absolute atomic E-state index is 12.9. The number of rotatable bonds is 7. The van der Waals surface area contributed by atoms with Gasteiger partial charge < -0.3 is 19.9 Å². The number of anilines is 1. The number of esters is 1. The molecule has 0 unspecified atom stereocenters. The van der Waals surface area contributed by atoms with Crippen LogP contribution < -0.4 is 10.6 Å². The lowest BCUT2D eigenvalue weighted by atomic mass is 9.98. The summed E-state index contributed by atoms with van der Waals surface area (Å²) in [5.74, 6) is 0.0124. The number of carbonyl (C=O) groups is 1. The molecule has 2 fully saturated rings. The molecule has 7 heteroatoms. The molecule has 2 aliphatic heterocycles. The molecule has 3 N–H and O–H groups in total. The molecule has 0 saturated carbocycles. The Morgan fingerprint density at radius 1 is 1.00 bits per heavy atom. The highest BCUT2D eigenvalue weighted by atomic mass is 16.6. The second-order valence-corrected chi connectivity index (χ2v) is 11.4. The fraction of sp³-hybridized carbons (Fsp3) is 0.517. The summed E-state index contributed by atoms with van der Waals surface area (Å²) >= 11 is 0. The van der Waals surface area contributed by atoms with Crippen LogP contribution in [0, 0.1) is 5.41 Å². The van der Waals surface area contributed by atoms with Gasteiger partial charge in [-0.25, -0.2) is 4.79 Å². The van der Waals surface area contributed by atoms with Crippen LogP contribution in [0.3, 0.4) is 0 Å². The second-order valence-electron chi connectivity index (χ2n) is 11.4. The molecule has 2 saturated heterocycles. The first-order valence-corrected chi connectivity index (χ1v) is 13.2. The molecule has 0 aliphatic carbocycles. The van der Waals surface area contributed by atoms with E-state index in [-0.39, 0.29) is 11.8 Å². The van der Waals surface area contributed by atoms with Crippen molar-refractivity contribution in [2.24, 2.45) is 5.73 Å². The van der Waals surface area contributed by atoms with Gasteiger partial charge in [-0.3, -0.25) is 10.3 Å². The van der Waals surface area contributed by atoms with Gasteiger partial charge in [0.15, 0.2) is 6.54 Å². The van der Waals surface area contributed by atoms with Crippen molar-refractivity contribution in [3.63, 3.8) is 0 Å². The van der Waals surface area contributed by atoms with Gasteiger partial charge in [0.2, 0.25) is 0 Å². The Labute approximate surface area is 215 Å². The van der Waals surface area contributed by atoms with Gasteiger partial charge in [0, 0.05) is 61.9 Å². The summed E-state index contributed by atoms with van der Waals surface area (Å²) < 4.78 is 6.51. The van der Waals surface area contributed by atoms with Crippen molar-refractivity contribution < 1.29 is 14.0 Å². The minimum Gasteiger partial charge on any atom is -0.456 e. The molecule has 0 radical (unpaired) electrons. The standard InChI is InChI=1S/C29H42N5O2/c1-29(2,3)36-27(35)22-34(21-23-7-5-4-6-8-23)19-13-26(14-20-34)33-17-15-32(16-18-33)25-11-9-24(10-12-25)28(30)31/h4-12,26H,13-22H2,1-3H3,(H3,30,31)/q+1/t26-,34+. The number of benzene rings is 2. The van der Waals surface area contributed by atoms with Crippen molar-refractivity contribution in [3.05, 3.63) is 65.7 Å². The molecule has 2 aliphatic rings. The van der Waals surface area contributed by atoms with Crippen LogP contribution in [0.25, 0.3) is 0 Å². The number of piperidine rings is 1. The van der Waals surface area contributed by atoms with E-state index in [1.807, 2.05) is 39.0 Å². The Balaban J connectivity index is 1.35. The third-order valence-electron chi connectivity index (χ3n) is 7.49. The van der Waals surface area contributed by atoms with Crippen LogP contribution in [0.2, 0.25) is 0 Å². The predicted octanol–water partition coefficient (Wildman–Crippen LogP) is 3.61. The quantitative estimate of drug-likeness (QED) is 0.267. The zero-order valence-electron chi connectivity index (χ0n) is 22.1. The summed E-state index contributed by atoms with van der Waals surface area (Å²) in [5, 5.41) is 7.59. The number of nitrogens with two attached hydrogens (primary N) is 1. The number of nitrogens with zero attached hydrogens (tertiary/aromatic N) is 3. The largest absolute Gasteiger partial charge is 0.456 e. The summed E-state index contributed by atoms with van der Waals surface area (Å²) in [6, 6.07) is 19.1. The SMILES string of the molecule is CC(C)(C)OC(=O)C[N@+]1(Cc2ccccc2)CC[C@H](N2CCN(c3ccc(C(=N)N)cc3)CC2)CC1. The van der Waals surface area contributed by atoms with Gasteiger partial charge in [-0.15, -0.1) is 0 Å². The van der Waals surface area contributed by atoms with Gasteiger partial charge in [-0.1, -0.05) is 30.3 Å². The second kappa shape index (κ2) is 11.0. The number of ether oxygens (including phenoxy) is 1. The minimum absolute atomic E-state index is 0.0960. The first-order valence-electron chi connectivity index (χ1n) is 13.2. The van der Waals surface area contributed by atoms with Crippen molar-refractivity contribution >= 4 is 17.5 Å². The first kappa shape index (κ1) is 26.2. The van der Waals surface area contributed by atoms with Gasteiger partial charge >= 0.3 is 5.97 Å². The smallest absolute Gasteiger partial charge is 0.362 e. The molecule has 4 rings (SSSR count). The zero-order valence-corrected chi connectivity index (χ0v) is 22.1. The lowest BCUT2D eigenvalue weighted by Crippen LogP contribution is -2.60. The van der Waals surface area contributed by atoms with E-state index in [0.717, 1.165) is 68.7 Å². The fourth-order valence-electron chi connectivity index (χ4n) is 5.65. The van der Waals surface area contributed by atoms with E-state index in [1.165, 1.54) is 11.3 Å². The van der Waals surface area contributed by atoms with Crippen LogP contribution in [0.5, 0.6) is 0 Å². The Kier molecular flexibility index (Phi) is 8.00. The monoisotopic (exact) mass is 492 g/mol. The molecule has 0 atom stereocenters. The van der Waals surface area contributed by atoms with E-state index in [9.17, 15) is 4.79 Å². The van der Waals surface area contributed by atoms with Crippen LogP contribution in [0.4, 0.5) is 5.69 Å². The van der Waals surface area contributed by atoms with E-state index < -0.39 is 5.60 Å². The van der Waals surface area contributed by atoms with Crippen LogP contribution >= 0.6 is 0 Å². The number of quaternary nitrogens is 1. The van der Waals surface area contributed by atoms with Crippen molar-refractivity contribution in [3.8, 4) is 0 Å². The Hall–Kier alpha value is -2.90. The molecule has 7 nitrogen and oxygen atoms in total. The highest BCUT2D eigenvalue weighted by Gasteiger charge is 2.39. The van der Waals surface area contributed by atoms with Gasteiger partial charge in [0.25, 0.3) is 0 Å². The normalized spacial score (nSPS) is 23.3. The maximum atomic E-state index is 12.9. The maximum Gasteiger partial charge on any atom is 0.362 e. The average Bonchev–Trinajstić information content (AvgIpc) is 2.84. The zero-order chi connectivity index (χ0) is 25.8. The summed E-state index contributed by atoms with van der Waals surface area (Å²) in [5.41, 5.74) is 8.38. The van der Waals surface area contributed by atoms with E-state index in [4.69, 9.17) is 15.9 Å². The number of nitrogen functional groups attached to an aromatic ring is 1. The Bertz CT molecular complexity index is 1020. The van der Waals surface area contributed by atoms with Crippen LogP contribution in [0.1, 0.15) is 44.7 Å². The fourth-order valence-corrected chi connectivity index (χ4v) is 5.65. The van der Waals surface area contributed by atoms with Gasteiger partial charge in [0.1, 0.15) is 18.0 Å². The van der Waals surface area contributed by atoms with Crippen LogP contribution in [-0.4, -0.2) is 78.6 Å². The molecule has 36 heavy (non-hydrogen) atoms. The molecular formula is C29H42N5O2+. The van der Waals surface area contributed by atoms with Crippen molar-refractivity contribution in [2.45, 2.75) is 51.8 Å². The van der Waals surface area contributed by atoms with E-state index >= 15 is 0 Å². The van der Waals surface area contributed by atoms with Gasteiger partial charge in [0.05, 0.1) is 13.1 Å². The molecule has 2 aromatic carbocycles. The molecule has 0 aromatic heterocycles. The molecule has 2 aromatic rings. The number of piperazine rings is 1. The summed E-state index contributed by atoms with van der Waals surface area (Å²) in [4.78, 5) is 17.9. The van der Waals surface area contributed by atoms with Crippen molar-refractivity contribution in [1.82, 2.24) is 4.90 Å². The Morgan fingerprint density at radius 2 is 1.61 bits per heavy atom. The number of hydrogen-bond acceptors (Lipinski definition) is 5. The molecule has 194 valence electrons. The van der Waals surface area contributed by atoms with E-state index in [0.29, 0.717) is 12.6 Å². The highest BCUT2D eigenvalue weighted by molar-refractivity contribution is 5.95. The third-order valence-corrected chi connectivity index (χ3v) is 7.49. The minimum atomic E-state index is -0.460. The third kappa shape index (κ3) is 6.86. The molecule has 0 spiro atoms. The number of nitrogens with one attached hydrogen (secondary N) is 1.